The van der Waals surface area contributed by atoms with Crippen molar-refractivity contribution in [2.45, 2.75) is 66.2 Å². The molecular formula is C21H30O. The lowest BCUT2D eigenvalue weighted by atomic mass is 9.45. The van der Waals surface area contributed by atoms with Crippen LogP contribution in [0.15, 0.2) is 23.3 Å². The van der Waals surface area contributed by atoms with E-state index in [1.165, 1.54) is 31.3 Å². The fourth-order valence-corrected chi connectivity index (χ4v) is 6.77. The molecule has 0 aromatic rings. The summed E-state index contributed by atoms with van der Waals surface area (Å²) in [6.45, 7) is 9.74. The molecule has 0 aromatic carbocycles. The quantitative estimate of drug-likeness (QED) is 0.553. The summed E-state index contributed by atoms with van der Waals surface area (Å²) in [5.41, 5.74) is 3.90. The van der Waals surface area contributed by atoms with Crippen LogP contribution in [0, 0.1) is 34.5 Å². The van der Waals surface area contributed by atoms with Crippen molar-refractivity contribution in [3.8, 4) is 0 Å². The molecular weight excluding hydrogens is 268 g/mol. The van der Waals surface area contributed by atoms with Crippen LogP contribution >= 0.6 is 0 Å². The van der Waals surface area contributed by atoms with Gasteiger partial charge in [0.05, 0.1) is 0 Å². The highest BCUT2D eigenvalue weighted by molar-refractivity contribution is 5.91. The van der Waals surface area contributed by atoms with Crippen molar-refractivity contribution in [3.63, 3.8) is 0 Å². The molecule has 1 heteroatoms. The second kappa shape index (κ2) is 4.58. The van der Waals surface area contributed by atoms with Crippen molar-refractivity contribution in [2.24, 2.45) is 34.5 Å². The second-order valence-electron chi connectivity index (χ2n) is 9.08. The summed E-state index contributed by atoms with van der Waals surface area (Å²) in [5, 5.41) is 0. The number of carbonyl (C=O) groups is 1. The van der Waals surface area contributed by atoms with Crippen molar-refractivity contribution >= 4 is 5.78 Å². The molecule has 2 fully saturated rings. The van der Waals surface area contributed by atoms with Gasteiger partial charge in [-0.05, 0) is 79.6 Å². The van der Waals surface area contributed by atoms with E-state index in [4.69, 9.17) is 0 Å². The van der Waals surface area contributed by atoms with E-state index in [9.17, 15) is 4.79 Å². The third kappa shape index (κ3) is 1.74. The second-order valence-corrected chi connectivity index (χ2v) is 9.08. The van der Waals surface area contributed by atoms with Gasteiger partial charge in [0.2, 0.25) is 0 Å². The average molecular weight is 298 g/mol. The first-order valence-electron chi connectivity index (χ1n) is 9.28. The zero-order valence-corrected chi connectivity index (χ0v) is 14.6. The Hall–Kier alpha value is -0.850. The molecule has 4 aliphatic carbocycles. The van der Waals surface area contributed by atoms with Gasteiger partial charge in [-0.2, -0.15) is 0 Å². The van der Waals surface area contributed by atoms with Crippen LogP contribution in [0.3, 0.4) is 0 Å². The van der Waals surface area contributed by atoms with Crippen molar-refractivity contribution in [1.82, 2.24) is 0 Å². The fourth-order valence-electron chi connectivity index (χ4n) is 6.77. The number of allylic oxidation sites excluding steroid dienone is 4. The third-order valence-corrected chi connectivity index (χ3v) is 8.25. The predicted octanol–water partition coefficient (Wildman–Crippen LogP) is 5.32. The molecule has 0 bridgehead atoms. The van der Waals surface area contributed by atoms with Gasteiger partial charge >= 0.3 is 0 Å². The van der Waals surface area contributed by atoms with Crippen LogP contribution in [0.4, 0.5) is 0 Å². The molecule has 0 aromatic heterocycles. The van der Waals surface area contributed by atoms with Gasteiger partial charge in [-0.15, -0.1) is 0 Å². The fraction of sp³-hybridized carbons (Fsp3) is 0.762. The Morgan fingerprint density at radius 2 is 1.91 bits per heavy atom. The van der Waals surface area contributed by atoms with Gasteiger partial charge in [-0.3, -0.25) is 4.79 Å². The maximum Gasteiger partial charge on any atom is 0.155 e. The van der Waals surface area contributed by atoms with Crippen molar-refractivity contribution in [2.75, 3.05) is 0 Å². The Morgan fingerprint density at radius 3 is 2.68 bits per heavy atom. The zero-order valence-electron chi connectivity index (χ0n) is 14.6. The molecule has 0 amide bonds. The first kappa shape index (κ1) is 14.7. The number of hydrogen-bond acceptors (Lipinski definition) is 1. The van der Waals surface area contributed by atoms with E-state index in [1.807, 2.05) is 6.08 Å². The summed E-state index contributed by atoms with van der Waals surface area (Å²) >= 11 is 0. The van der Waals surface area contributed by atoms with E-state index in [1.54, 1.807) is 5.57 Å². The summed E-state index contributed by atoms with van der Waals surface area (Å²) < 4.78 is 0. The molecule has 6 unspecified atom stereocenters. The number of carbonyl (C=O) groups excluding carboxylic acids is 1. The first-order valence-corrected chi connectivity index (χ1v) is 9.28. The number of rotatable bonds is 0. The highest BCUT2D eigenvalue weighted by Crippen LogP contribution is 2.66. The van der Waals surface area contributed by atoms with Crippen LogP contribution < -0.4 is 0 Å². The molecule has 0 saturated heterocycles. The van der Waals surface area contributed by atoms with Gasteiger partial charge < -0.3 is 0 Å². The van der Waals surface area contributed by atoms with Crippen LogP contribution in [0.2, 0.25) is 0 Å². The van der Waals surface area contributed by atoms with E-state index in [0.29, 0.717) is 22.5 Å². The zero-order chi connectivity index (χ0) is 15.7. The highest BCUT2D eigenvalue weighted by atomic mass is 16.1. The van der Waals surface area contributed by atoms with E-state index in [2.05, 4.69) is 33.8 Å². The molecule has 6 atom stereocenters. The van der Waals surface area contributed by atoms with Crippen molar-refractivity contribution in [3.05, 3.63) is 23.3 Å². The minimum atomic E-state index is 0.300. The van der Waals surface area contributed by atoms with Crippen LogP contribution in [0.1, 0.15) is 66.2 Å². The topological polar surface area (TPSA) is 17.1 Å². The lowest BCUT2D eigenvalue weighted by Gasteiger charge is -2.59. The SMILES string of the molecule is CC1=CCC2C3CC(C)C4=CC(=O)CCC4(C)C3CCC12C. The average Bonchev–Trinajstić information content (AvgIpc) is 2.77. The van der Waals surface area contributed by atoms with Gasteiger partial charge in [0.1, 0.15) is 0 Å². The lowest BCUT2D eigenvalue weighted by molar-refractivity contribution is -0.117. The van der Waals surface area contributed by atoms with Crippen molar-refractivity contribution < 1.29 is 4.79 Å². The summed E-state index contributed by atoms with van der Waals surface area (Å²) in [6.07, 6.45) is 11.7. The molecule has 22 heavy (non-hydrogen) atoms. The number of hydrogen-bond donors (Lipinski definition) is 0. The molecule has 4 aliphatic rings. The minimum Gasteiger partial charge on any atom is -0.295 e. The minimum absolute atomic E-state index is 0.300. The van der Waals surface area contributed by atoms with Crippen molar-refractivity contribution in [1.29, 1.82) is 0 Å². The molecule has 4 rings (SSSR count). The van der Waals surface area contributed by atoms with Gasteiger partial charge in [0.25, 0.3) is 0 Å². The largest absolute Gasteiger partial charge is 0.295 e. The van der Waals surface area contributed by atoms with Gasteiger partial charge in [-0.25, -0.2) is 0 Å². The van der Waals surface area contributed by atoms with Crippen LogP contribution in [-0.2, 0) is 4.79 Å². The van der Waals surface area contributed by atoms with Crippen LogP contribution in [-0.4, -0.2) is 5.78 Å². The van der Waals surface area contributed by atoms with E-state index in [-0.39, 0.29) is 0 Å². The summed E-state index contributed by atoms with van der Waals surface area (Å²) in [5.74, 6) is 3.48. The monoisotopic (exact) mass is 298 g/mol. The highest BCUT2D eigenvalue weighted by Gasteiger charge is 2.57. The molecule has 1 nitrogen and oxygen atoms in total. The molecule has 2 saturated carbocycles. The smallest absolute Gasteiger partial charge is 0.155 e. The molecule has 0 radical (unpaired) electrons. The van der Waals surface area contributed by atoms with E-state index in [0.717, 1.165) is 30.6 Å². The lowest BCUT2D eigenvalue weighted by Crippen LogP contribution is -2.51. The standard InChI is InChI=1S/C21H30O/c1-13-11-16-17-6-5-14(2)20(17,3)10-8-18(16)21(4)9-7-15(22)12-19(13)21/h5,12-13,16-18H,6-11H2,1-4H3. The Labute approximate surface area is 135 Å². The van der Waals surface area contributed by atoms with Gasteiger partial charge in [-0.1, -0.05) is 38.0 Å². The Bertz CT molecular complexity index is 583. The summed E-state index contributed by atoms with van der Waals surface area (Å²) in [7, 11) is 0. The molecule has 120 valence electrons. The third-order valence-electron chi connectivity index (χ3n) is 8.25. The van der Waals surface area contributed by atoms with E-state index < -0.39 is 0 Å². The summed E-state index contributed by atoms with van der Waals surface area (Å²) in [6, 6.07) is 0. The number of fused-ring (bicyclic) bond motifs is 5. The number of ketones is 1. The Balaban J connectivity index is 1.73. The predicted molar refractivity (Wildman–Crippen MR) is 90.4 cm³/mol. The van der Waals surface area contributed by atoms with Crippen LogP contribution in [0.5, 0.6) is 0 Å². The maximum atomic E-state index is 12.0. The first-order chi connectivity index (χ1) is 10.4. The van der Waals surface area contributed by atoms with Crippen LogP contribution in [0.25, 0.3) is 0 Å². The molecule has 0 N–H and O–H groups in total. The Morgan fingerprint density at radius 1 is 1.14 bits per heavy atom. The summed E-state index contributed by atoms with van der Waals surface area (Å²) in [4.78, 5) is 12.0. The van der Waals surface area contributed by atoms with Gasteiger partial charge in [0.15, 0.2) is 5.78 Å². The van der Waals surface area contributed by atoms with Gasteiger partial charge in [0, 0.05) is 6.42 Å². The molecule has 0 spiro atoms. The normalized spacial score (nSPS) is 50.6. The van der Waals surface area contributed by atoms with E-state index >= 15 is 0 Å². The maximum absolute atomic E-state index is 12.0. The Kier molecular flexibility index (Phi) is 3.07. The molecule has 0 heterocycles. The molecule has 0 aliphatic heterocycles.